The molecule has 0 saturated heterocycles. The zero-order chi connectivity index (χ0) is 14.8. The molecule has 0 radical (unpaired) electrons. The Hall–Kier alpha value is -1.14. The Labute approximate surface area is 125 Å². The van der Waals surface area contributed by atoms with Gasteiger partial charge in [0.05, 0.1) is 19.2 Å². The summed E-state index contributed by atoms with van der Waals surface area (Å²) in [5.74, 6) is -0.189. The molecule has 0 aliphatic carbocycles. The summed E-state index contributed by atoms with van der Waals surface area (Å²) in [6.45, 7) is 8.53. The molecule has 1 aromatic rings. The van der Waals surface area contributed by atoms with Crippen molar-refractivity contribution in [3.63, 3.8) is 0 Å². The Morgan fingerprint density at radius 2 is 2.25 bits per heavy atom. The van der Waals surface area contributed by atoms with Gasteiger partial charge >= 0.3 is 5.97 Å². The highest BCUT2D eigenvalue weighted by Crippen LogP contribution is 2.16. The molecule has 0 bridgehead atoms. The lowest BCUT2D eigenvalue weighted by Gasteiger charge is -2.19. The molecule has 0 amide bonds. The number of likely N-dealkylation sites (N-methyl/N-ethyl adjacent to an activating group) is 1. The number of nitrogens with one attached hydrogen (secondary N) is 1. The van der Waals surface area contributed by atoms with Crippen molar-refractivity contribution in [2.45, 2.75) is 33.1 Å². The minimum absolute atomic E-state index is 0.189. The maximum atomic E-state index is 11.1. The van der Waals surface area contributed by atoms with Crippen LogP contribution in [0.4, 0.5) is 5.13 Å². The largest absolute Gasteiger partial charge is 0.469 e. The van der Waals surface area contributed by atoms with Crippen LogP contribution in [0.1, 0.15) is 32.4 Å². The summed E-state index contributed by atoms with van der Waals surface area (Å²) in [5.41, 5.74) is 0.948. The number of hydrogen-bond acceptors (Lipinski definition) is 6. The van der Waals surface area contributed by atoms with Crippen molar-refractivity contribution >= 4 is 22.4 Å². The predicted molar refractivity (Wildman–Crippen MR) is 83.3 cm³/mol. The quantitative estimate of drug-likeness (QED) is 0.672. The number of aromatic nitrogens is 1. The fourth-order valence-electron chi connectivity index (χ4n) is 1.90. The summed E-state index contributed by atoms with van der Waals surface area (Å²) in [5, 5.41) is 6.26. The number of aryl methyl sites for hydroxylation is 1. The molecule has 0 aromatic carbocycles. The highest BCUT2D eigenvalue weighted by atomic mass is 32.1. The van der Waals surface area contributed by atoms with E-state index in [1.807, 2.05) is 5.38 Å². The number of ether oxygens (including phenoxy) is 1. The Morgan fingerprint density at radius 3 is 2.90 bits per heavy atom. The van der Waals surface area contributed by atoms with Gasteiger partial charge in [-0.2, -0.15) is 0 Å². The third-order valence-electron chi connectivity index (χ3n) is 3.06. The normalized spacial score (nSPS) is 10.8. The van der Waals surface area contributed by atoms with Crippen molar-refractivity contribution in [1.82, 2.24) is 9.88 Å². The van der Waals surface area contributed by atoms with Gasteiger partial charge in [-0.3, -0.25) is 4.79 Å². The first-order chi connectivity index (χ1) is 9.69. The highest BCUT2D eigenvalue weighted by molar-refractivity contribution is 7.13. The van der Waals surface area contributed by atoms with E-state index < -0.39 is 0 Å². The van der Waals surface area contributed by atoms with Gasteiger partial charge in [-0.1, -0.05) is 13.8 Å². The summed E-state index contributed by atoms with van der Waals surface area (Å²) >= 11 is 1.59. The highest BCUT2D eigenvalue weighted by Gasteiger charge is 2.06. The summed E-state index contributed by atoms with van der Waals surface area (Å²) in [6.07, 6.45) is 2.21. The number of methoxy groups -OCH3 is 1. The number of carbonyl (C=O) groups is 1. The molecule has 1 rings (SSSR count). The van der Waals surface area contributed by atoms with Gasteiger partial charge in [0.25, 0.3) is 0 Å². The van der Waals surface area contributed by atoms with Crippen molar-refractivity contribution in [2.24, 2.45) is 0 Å². The van der Waals surface area contributed by atoms with Gasteiger partial charge in [-0.05, 0) is 19.5 Å². The number of rotatable bonds is 10. The Balaban J connectivity index is 2.27. The first kappa shape index (κ1) is 16.9. The monoisotopic (exact) mass is 299 g/mol. The minimum Gasteiger partial charge on any atom is -0.469 e. The lowest BCUT2D eigenvalue weighted by atomic mass is 10.2. The summed E-state index contributed by atoms with van der Waals surface area (Å²) in [4.78, 5) is 17.9. The van der Waals surface area contributed by atoms with Crippen LogP contribution in [-0.2, 0) is 16.0 Å². The number of nitrogens with zero attached hydrogens (tertiary/aromatic N) is 2. The fraction of sp³-hybridized carbons (Fsp3) is 0.714. The third kappa shape index (κ3) is 6.34. The van der Waals surface area contributed by atoms with E-state index in [0.29, 0.717) is 12.8 Å². The second-order valence-corrected chi connectivity index (χ2v) is 5.44. The van der Waals surface area contributed by atoms with Gasteiger partial charge in [0.15, 0.2) is 5.13 Å². The van der Waals surface area contributed by atoms with Crippen molar-refractivity contribution in [3.8, 4) is 0 Å². The summed E-state index contributed by atoms with van der Waals surface area (Å²) in [7, 11) is 1.41. The predicted octanol–water partition coefficient (Wildman–Crippen LogP) is 2.39. The van der Waals surface area contributed by atoms with Crippen molar-refractivity contribution in [3.05, 3.63) is 11.1 Å². The first-order valence-corrected chi connectivity index (χ1v) is 8.05. The standard InChI is InChI=1S/C14H25N3O2S/c1-4-9-17(5-2)10-8-15-14-16-12(11-20-14)6-7-13(18)19-3/h11H,4-10H2,1-3H3,(H,15,16). The third-order valence-corrected chi connectivity index (χ3v) is 3.90. The van der Waals surface area contributed by atoms with E-state index >= 15 is 0 Å². The van der Waals surface area contributed by atoms with E-state index in [1.54, 1.807) is 11.3 Å². The average Bonchev–Trinajstić information content (AvgIpc) is 2.91. The zero-order valence-electron chi connectivity index (χ0n) is 12.6. The maximum absolute atomic E-state index is 11.1. The Bertz CT molecular complexity index is 396. The van der Waals surface area contributed by atoms with Gasteiger partial charge in [0, 0.05) is 24.9 Å². The van der Waals surface area contributed by atoms with Gasteiger partial charge in [0.1, 0.15) is 0 Å². The SMILES string of the molecule is CCCN(CC)CCNc1nc(CCC(=O)OC)cs1. The van der Waals surface area contributed by atoms with Gasteiger partial charge < -0.3 is 15.0 Å². The molecule has 0 fully saturated rings. The van der Waals surface area contributed by atoms with Crippen LogP contribution in [0.15, 0.2) is 5.38 Å². The second-order valence-electron chi connectivity index (χ2n) is 4.58. The van der Waals surface area contributed by atoms with E-state index in [1.165, 1.54) is 13.5 Å². The Kier molecular flexibility index (Phi) is 8.22. The van der Waals surface area contributed by atoms with Crippen molar-refractivity contribution in [1.29, 1.82) is 0 Å². The molecule has 0 unspecified atom stereocenters. The smallest absolute Gasteiger partial charge is 0.305 e. The summed E-state index contributed by atoms with van der Waals surface area (Å²) in [6, 6.07) is 0. The van der Waals surface area contributed by atoms with Crippen LogP contribution < -0.4 is 5.32 Å². The summed E-state index contributed by atoms with van der Waals surface area (Å²) < 4.78 is 4.62. The topological polar surface area (TPSA) is 54.5 Å². The van der Waals surface area contributed by atoms with Crippen molar-refractivity contribution in [2.75, 3.05) is 38.6 Å². The molecule has 5 nitrogen and oxygen atoms in total. The number of anilines is 1. The van der Waals surface area contributed by atoms with Crippen LogP contribution >= 0.6 is 11.3 Å². The first-order valence-electron chi connectivity index (χ1n) is 7.17. The molecule has 1 aromatic heterocycles. The molecule has 114 valence electrons. The maximum Gasteiger partial charge on any atom is 0.305 e. The van der Waals surface area contributed by atoms with E-state index in [4.69, 9.17) is 0 Å². The number of hydrogen-bond donors (Lipinski definition) is 1. The fourth-order valence-corrected chi connectivity index (χ4v) is 2.67. The molecule has 0 atom stereocenters. The number of esters is 1. The molecule has 0 aliphatic heterocycles. The van der Waals surface area contributed by atoms with E-state index in [2.05, 4.69) is 33.8 Å². The van der Waals surface area contributed by atoms with Crippen LogP contribution in [0, 0.1) is 0 Å². The molecular formula is C14H25N3O2S. The van der Waals surface area contributed by atoms with E-state index in [-0.39, 0.29) is 5.97 Å². The minimum atomic E-state index is -0.189. The van der Waals surface area contributed by atoms with Crippen LogP contribution in [0.3, 0.4) is 0 Å². The average molecular weight is 299 g/mol. The van der Waals surface area contributed by atoms with Crippen LogP contribution in [-0.4, -0.2) is 49.1 Å². The zero-order valence-corrected chi connectivity index (χ0v) is 13.5. The molecule has 0 aliphatic rings. The van der Waals surface area contributed by atoms with Gasteiger partial charge in [0.2, 0.25) is 0 Å². The van der Waals surface area contributed by atoms with Crippen molar-refractivity contribution < 1.29 is 9.53 Å². The molecule has 1 N–H and O–H groups in total. The van der Waals surface area contributed by atoms with Gasteiger partial charge in [-0.25, -0.2) is 4.98 Å². The molecule has 1 heterocycles. The second kappa shape index (κ2) is 9.72. The molecule has 0 saturated carbocycles. The Morgan fingerprint density at radius 1 is 1.45 bits per heavy atom. The lowest BCUT2D eigenvalue weighted by Crippen LogP contribution is -2.29. The van der Waals surface area contributed by atoms with Crippen LogP contribution in [0.2, 0.25) is 0 Å². The number of carbonyl (C=O) groups excluding carboxylic acids is 1. The van der Waals surface area contributed by atoms with E-state index in [0.717, 1.165) is 37.0 Å². The lowest BCUT2D eigenvalue weighted by molar-refractivity contribution is -0.140. The van der Waals surface area contributed by atoms with Crippen LogP contribution in [0.5, 0.6) is 0 Å². The molecule has 0 spiro atoms. The van der Waals surface area contributed by atoms with E-state index in [9.17, 15) is 4.79 Å². The van der Waals surface area contributed by atoms with Crippen LogP contribution in [0.25, 0.3) is 0 Å². The number of thiazole rings is 1. The molecule has 20 heavy (non-hydrogen) atoms. The van der Waals surface area contributed by atoms with Gasteiger partial charge in [-0.15, -0.1) is 11.3 Å². The molecular weight excluding hydrogens is 274 g/mol. The molecule has 6 heteroatoms.